The van der Waals surface area contributed by atoms with E-state index in [4.69, 9.17) is 11.6 Å². The minimum Gasteiger partial charge on any atom is -0.275 e. The van der Waals surface area contributed by atoms with E-state index in [0.717, 1.165) is 32.8 Å². The Morgan fingerprint density at radius 3 is 2.65 bits per heavy atom. The van der Waals surface area contributed by atoms with Crippen LogP contribution in [-0.4, -0.2) is 19.6 Å². The van der Waals surface area contributed by atoms with Gasteiger partial charge in [-0.1, -0.05) is 29.8 Å². The molecule has 0 aliphatic carbocycles. The second-order valence-electron chi connectivity index (χ2n) is 4.69. The second kappa shape index (κ2) is 4.82. The van der Waals surface area contributed by atoms with Gasteiger partial charge in [-0.25, -0.2) is 4.98 Å². The molecule has 0 radical (unpaired) electrons. The van der Waals surface area contributed by atoms with Crippen molar-refractivity contribution in [1.29, 1.82) is 0 Å². The molecule has 0 aliphatic rings. The highest BCUT2D eigenvalue weighted by Gasteiger charge is 2.17. The largest absolute Gasteiger partial charge is 0.275 e. The van der Waals surface area contributed by atoms with Gasteiger partial charge < -0.3 is 0 Å². The zero-order chi connectivity index (χ0) is 14.4. The smallest absolute Gasteiger partial charge is 0.199 e. The first kappa shape index (κ1) is 13.5. The third kappa shape index (κ3) is 1.93. The summed E-state index contributed by atoms with van der Waals surface area (Å²) in [5, 5.41) is 8.82. The molecule has 0 bridgehead atoms. The van der Waals surface area contributed by atoms with E-state index in [2.05, 4.69) is 31.1 Å². The summed E-state index contributed by atoms with van der Waals surface area (Å²) in [6.45, 7) is 5.96. The quantitative estimate of drug-likeness (QED) is 0.662. The van der Waals surface area contributed by atoms with Crippen molar-refractivity contribution >= 4 is 33.2 Å². The third-order valence-corrected chi connectivity index (χ3v) is 4.71. The van der Waals surface area contributed by atoms with Crippen LogP contribution in [0.1, 0.15) is 17.0 Å². The number of aromatic nitrogens is 4. The molecule has 0 atom stereocenters. The van der Waals surface area contributed by atoms with Crippen LogP contribution in [0, 0.1) is 20.8 Å². The van der Waals surface area contributed by atoms with Crippen molar-refractivity contribution in [1.82, 2.24) is 19.6 Å². The molecule has 2 heterocycles. The normalized spacial score (nSPS) is 11.2. The summed E-state index contributed by atoms with van der Waals surface area (Å²) in [4.78, 5) is 4.28. The fourth-order valence-corrected chi connectivity index (χ4v) is 2.86. The molecule has 6 heteroatoms. The van der Waals surface area contributed by atoms with Crippen molar-refractivity contribution in [3.05, 3.63) is 44.8 Å². The molecule has 2 aromatic heterocycles. The number of hydrogen-bond acceptors (Lipinski definition) is 3. The molecule has 0 fully saturated rings. The van der Waals surface area contributed by atoms with E-state index >= 15 is 0 Å². The number of rotatable bonds is 1. The van der Waals surface area contributed by atoms with Gasteiger partial charge in [-0.2, -0.15) is 0 Å². The Balaban J connectivity index is 2.41. The zero-order valence-corrected chi connectivity index (χ0v) is 13.6. The Kier molecular flexibility index (Phi) is 3.26. The van der Waals surface area contributed by atoms with Crippen molar-refractivity contribution in [2.24, 2.45) is 0 Å². The van der Waals surface area contributed by atoms with Crippen LogP contribution in [0.25, 0.3) is 17.0 Å². The van der Waals surface area contributed by atoms with Crippen molar-refractivity contribution in [3.8, 4) is 11.4 Å². The number of hydrogen-bond donors (Lipinski definition) is 0. The Bertz CT molecular complexity index is 826. The van der Waals surface area contributed by atoms with Crippen LogP contribution >= 0.6 is 27.5 Å². The highest BCUT2D eigenvalue weighted by Crippen LogP contribution is 2.31. The van der Waals surface area contributed by atoms with Crippen LogP contribution in [0.3, 0.4) is 0 Å². The molecule has 0 amide bonds. The minimum atomic E-state index is 0.371. The summed E-state index contributed by atoms with van der Waals surface area (Å²) in [5.74, 6) is 0.764. The Morgan fingerprint density at radius 1 is 1.15 bits per heavy atom. The first-order chi connectivity index (χ1) is 9.50. The van der Waals surface area contributed by atoms with Crippen LogP contribution < -0.4 is 0 Å². The van der Waals surface area contributed by atoms with Gasteiger partial charge in [0.25, 0.3) is 0 Å². The minimum absolute atomic E-state index is 0.371. The van der Waals surface area contributed by atoms with Crippen LogP contribution in [0.2, 0.25) is 5.15 Å². The molecule has 20 heavy (non-hydrogen) atoms. The first-order valence-electron chi connectivity index (χ1n) is 6.14. The zero-order valence-electron chi connectivity index (χ0n) is 11.3. The molecular formula is C14H12BrClN4. The fourth-order valence-electron chi connectivity index (χ4n) is 2.17. The highest BCUT2D eigenvalue weighted by molar-refractivity contribution is 9.10. The van der Waals surface area contributed by atoms with E-state index < -0.39 is 0 Å². The topological polar surface area (TPSA) is 43.1 Å². The summed E-state index contributed by atoms with van der Waals surface area (Å²) < 4.78 is 2.96. The van der Waals surface area contributed by atoms with Gasteiger partial charge in [0.05, 0.1) is 5.69 Å². The van der Waals surface area contributed by atoms with Gasteiger partial charge in [0.2, 0.25) is 0 Å². The molecule has 0 spiro atoms. The Hall–Kier alpha value is -1.46. The van der Waals surface area contributed by atoms with E-state index in [1.807, 2.05) is 43.4 Å². The summed E-state index contributed by atoms with van der Waals surface area (Å²) in [6.07, 6.45) is 0. The van der Waals surface area contributed by atoms with E-state index in [9.17, 15) is 0 Å². The van der Waals surface area contributed by atoms with E-state index in [-0.39, 0.29) is 0 Å². The third-order valence-electron chi connectivity index (χ3n) is 3.41. The maximum Gasteiger partial charge on any atom is 0.199 e. The van der Waals surface area contributed by atoms with Gasteiger partial charge >= 0.3 is 0 Å². The molecular weight excluding hydrogens is 340 g/mol. The monoisotopic (exact) mass is 350 g/mol. The van der Waals surface area contributed by atoms with E-state index in [1.165, 1.54) is 0 Å². The van der Waals surface area contributed by atoms with Gasteiger partial charge in [0, 0.05) is 15.7 Å². The van der Waals surface area contributed by atoms with Gasteiger partial charge in [-0.15, -0.1) is 10.2 Å². The molecule has 102 valence electrons. The van der Waals surface area contributed by atoms with Gasteiger partial charge in [-0.05, 0) is 42.3 Å². The maximum absolute atomic E-state index is 6.16. The molecule has 3 aromatic rings. The van der Waals surface area contributed by atoms with Crippen molar-refractivity contribution in [3.63, 3.8) is 0 Å². The summed E-state index contributed by atoms with van der Waals surface area (Å²) >= 11 is 9.78. The van der Waals surface area contributed by atoms with Gasteiger partial charge in [0.1, 0.15) is 0 Å². The van der Waals surface area contributed by atoms with Crippen LogP contribution in [0.5, 0.6) is 0 Å². The predicted octanol–water partition coefficient (Wildman–Crippen LogP) is 4.13. The summed E-state index contributed by atoms with van der Waals surface area (Å²) in [6, 6.07) is 6.06. The molecule has 0 unspecified atom stereocenters. The second-order valence-corrected chi connectivity index (χ2v) is 5.84. The van der Waals surface area contributed by atoms with Crippen LogP contribution in [0.15, 0.2) is 22.7 Å². The SMILES string of the molecule is Cc1cccc(-c2nnc3c(Cl)nc(C)c(C)n23)c1Br. The lowest BCUT2D eigenvalue weighted by Crippen LogP contribution is -2.01. The lowest BCUT2D eigenvalue weighted by Gasteiger charge is -2.09. The van der Waals surface area contributed by atoms with Gasteiger partial charge in [-0.3, -0.25) is 4.40 Å². The Labute approximate surface area is 129 Å². The van der Waals surface area contributed by atoms with E-state index in [0.29, 0.717) is 10.8 Å². The van der Waals surface area contributed by atoms with Gasteiger partial charge in [0.15, 0.2) is 16.6 Å². The molecule has 4 nitrogen and oxygen atoms in total. The highest BCUT2D eigenvalue weighted by atomic mass is 79.9. The fraction of sp³-hybridized carbons (Fsp3) is 0.214. The van der Waals surface area contributed by atoms with Crippen LogP contribution in [0.4, 0.5) is 0 Å². The predicted molar refractivity (Wildman–Crippen MR) is 83.1 cm³/mol. The van der Waals surface area contributed by atoms with Crippen molar-refractivity contribution < 1.29 is 0 Å². The van der Waals surface area contributed by atoms with Crippen molar-refractivity contribution in [2.45, 2.75) is 20.8 Å². The summed E-state index contributed by atoms with van der Waals surface area (Å²) in [7, 11) is 0. The molecule has 0 saturated carbocycles. The number of fused-ring (bicyclic) bond motifs is 1. The molecule has 0 saturated heterocycles. The number of aryl methyl sites for hydroxylation is 3. The Morgan fingerprint density at radius 2 is 1.90 bits per heavy atom. The number of halogens is 2. The maximum atomic E-state index is 6.16. The first-order valence-corrected chi connectivity index (χ1v) is 7.31. The number of benzene rings is 1. The molecule has 3 rings (SSSR count). The lowest BCUT2D eigenvalue weighted by molar-refractivity contribution is 0.999. The molecule has 0 aliphatic heterocycles. The lowest BCUT2D eigenvalue weighted by atomic mass is 10.1. The average Bonchev–Trinajstić information content (AvgIpc) is 2.84. The molecule has 1 aromatic carbocycles. The van der Waals surface area contributed by atoms with Crippen molar-refractivity contribution in [2.75, 3.05) is 0 Å². The number of nitrogens with zero attached hydrogens (tertiary/aromatic N) is 4. The molecule has 0 N–H and O–H groups in total. The summed E-state index contributed by atoms with van der Waals surface area (Å²) in [5.41, 5.74) is 4.57. The van der Waals surface area contributed by atoms with Crippen LogP contribution in [-0.2, 0) is 0 Å². The standard InChI is InChI=1S/C14H12BrClN4/c1-7-5-4-6-10(11(7)15)13-18-19-14-12(16)17-8(2)9(3)20(13)14/h4-6H,1-3H3. The van der Waals surface area contributed by atoms with E-state index in [1.54, 1.807) is 0 Å². The average molecular weight is 352 g/mol.